The number of carbonyl (C=O) groups excluding carboxylic acids is 2. The summed E-state index contributed by atoms with van der Waals surface area (Å²) in [6.07, 6.45) is -10.4. The second-order valence-electron chi connectivity index (χ2n) is 8.37. The molecule has 2 amide bonds. The van der Waals surface area contributed by atoms with Gasteiger partial charge < -0.3 is 21.1 Å². The molecule has 0 aliphatic heterocycles. The minimum atomic E-state index is -5.01. The van der Waals surface area contributed by atoms with Crippen LogP contribution in [0.1, 0.15) is 41.5 Å². The fourth-order valence-electron chi connectivity index (χ4n) is 3.89. The quantitative estimate of drug-likeness (QED) is 0.506. The van der Waals surface area contributed by atoms with Gasteiger partial charge in [-0.05, 0) is 48.6 Å². The Kier molecular flexibility index (Phi) is 7.63. The molecule has 0 aromatic heterocycles. The van der Waals surface area contributed by atoms with Crippen molar-refractivity contribution in [3.05, 3.63) is 70.8 Å². The molecule has 0 spiro atoms. The third kappa shape index (κ3) is 6.87. The lowest BCUT2D eigenvalue weighted by Crippen LogP contribution is -2.57. The molecule has 4 N–H and O–H groups in total. The molecular formula is C23H23F6N3O3. The highest BCUT2D eigenvalue weighted by atomic mass is 19.4. The minimum absolute atomic E-state index is 0.00704. The van der Waals surface area contributed by atoms with Crippen molar-refractivity contribution in [1.82, 2.24) is 10.6 Å². The van der Waals surface area contributed by atoms with Crippen molar-refractivity contribution in [2.45, 2.75) is 56.3 Å². The van der Waals surface area contributed by atoms with Gasteiger partial charge in [0.05, 0.1) is 11.1 Å². The van der Waals surface area contributed by atoms with Crippen molar-refractivity contribution < 1.29 is 40.7 Å². The molecule has 2 aromatic rings. The number of amides is 2. The predicted molar refractivity (Wildman–Crippen MR) is 113 cm³/mol. The third-order valence-corrected chi connectivity index (χ3v) is 5.64. The average molecular weight is 503 g/mol. The van der Waals surface area contributed by atoms with Gasteiger partial charge in [-0.15, -0.1) is 0 Å². The number of ether oxygens (including phenoxy) is 1. The lowest BCUT2D eigenvalue weighted by atomic mass is 9.95. The highest BCUT2D eigenvalue weighted by Crippen LogP contribution is 2.36. The number of hydrogen-bond acceptors (Lipinski definition) is 4. The van der Waals surface area contributed by atoms with E-state index in [0.717, 1.165) is 0 Å². The molecule has 35 heavy (non-hydrogen) atoms. The minimum Gasteiger partial charge on any atom is -0.445 e. The number of carbonyl (C=O) groups is 2. The van der Waals surface area contributed by atoms with Crippen LogP contribution in [-0.4, -0.2) is 23.6 Å². The number of hydrogen-bond donors (Lipinski definition) is 3. The molecule has 0 bridgehead atoms. The molecular weight excluding hydrogens is 480 g/mol. The van der Waals surface area contributed by atoms with E-state index in [1.54, 1.807) is 30.3 Å². The summed E-state index contributed by atoms with van der Waals surface area (Å²) in [5.74, 6) is -0.784. The van der Waals surface area contributed by atoms with Gasteiger partial charge in [0.1, 0.15) is 12.1 Å². The van der Waals surface area contributed by atoms with Crippen LogP contribution in [0.25, 0.3) is 0 Å². The largest absolute Gasteiger partial charge is 0.445 e. The second-order valence-corrected chi connectivity index (χ2v) is 8.37. The highest BCUT2D eigenvalue weighted by molar-refractivity contribution is 5.90. The maximum atomic E-state index is 13.1. The molecule has 2 aromatic carbocycles. The van der Waals surface area contributed by atoms with E-state index >= 15 is 0 Å². The van der Waals surface area contributed by atoms with E-state index < -0.39 is 59.2 Å². The summed E-state index contributed by atoms with van der Waals surface area (Å²) in [5, 5.41) is 4.83. The molecule has 6 nitrogen and oxygen atoms in total. The fraction of sp³-hybridized carbons (Fsp3) is 0.391. The molecule has 1 fully saturated rings. The van der Waals surface area contributed by atoms with Crippen molar-refractivity contribution >= 4 is 12.0 Å². The number of benzene rings is 2. The van der Waals surface area contributed by atoms with E-state index in [1.807, 2.05) is 0 Å². The summed E-state index contributed by atoms with van der Waals surface area (Å²) in [6.45, 7) is -0.690. The summed E-state index contributed by atoms with van der Waals surface area (Å²) >= 11 is 0. The topological polar surface area (TPSA) is 93.4 Å². The van der Waals surface area contributed by atoms with Crippen molar-refractivity contribution in [1.29, 1.82) is 0 Å². The van der Waals surface area contributed by atoms with Crippen molar-refractivity contribution in [2.24, 2.45) is 5.73 Å². The third-order valence-electron chi connectivity index (χ3n) is 5.64. The molecule has 1 aliphatic carbocycles. The van der Waals surface area contributed by atoms with Gasteiger partial charge in [0.25, 0.3) is 0 Å². The van der Waals surface area contributed by atoms with E-state index in [4.69, 9.17) is 10.5 Å². The summed E-state index contributed by atoms with van der Waals surface area (Å²) in [5.41, 5.74) is 1.72. The molecule has 1 saturated carbocycles. The van der Waals surface area contributed by atoms with Crippen LogP contribution < -0.4 is 16.4 Å². The first-order valence-electron chi connectivity index (χ1n) is 10.6. The van der Waals surface area contributed by atoms with Gasteiger partial charge in [0.15, 0.2) is 0 Å². The van der Waals surface area contributed by atoms with Gasteiger partial charge in [0, 0.05) is 12.6 Å². The number of nitrogens with one attached hydrogen (secondary N) is 2. The van der Waals surface area contributed by atoms with E-state index in [1.165, 1.54) is 0 Å². The smallest absolute Gasteiger partial charge is 0.416 e. The lowest BCUT2D eigenvalue weighted by Gasteiger charge is -2.29. The van der Waals surface area contributed by atoms with Gasteiger partial charge in [-0.3, -0.25) is 4.79 Å². The molecule has 3 rings (SSSR count). The normalized spacial score (nSPS) is 20.4. The molecule has 0 saturated heterocycles. The van der Waals surface area contributed by atoms with Crippen LogP contribution in [0.2, 0.25) is 0 Å². The Morgan fingerprint density at radius 3 is 2.09 bits per heavy atom. The standard InChI is InChI=1S/C23H23F6N3O3/c24-22(25,26)16-8-15(9-17(10-16)23(27,28)29)12-31-19(33)21(7-6-18(30)11-21)32-20(34)35-13-14-4-2-1-3-5-14/h1-5,8-10,18H,6-7,11-13,30H2,(H,31,33)(H,32,34)/t18?,21-/m1/s1. The zero-order chi connectivity index (χ0) is 25.9. The second kappa shape index (κ2) is 10.1. The Labute approximate surface area is 196 Å². The first kappa shape index (κ1) is 26.3. The summed E-state index contributed by atoms with van der Waals surface area (Å²) in [6, 6.07) is 9.36. The first-order chi connectivity index (χ1) is 16.3. The van der Waals surface area contributed by atoms with Crippen LogP contribution in [0, 0.1) is 0 Å². The van der Waals surface area contributed by atoms with E-state index in [9.17, 15) is 35.9 Å². The number of alkyl carbamates (subject to hydrolysis) is 1. The van der Waals surface area contributed by atoms with Crippen LogP contribution >= 0.6 is 0 Å². The van der Waals surface area contributed by atoms with Gasteiger partial charge in [-0.2, -0.15) is 26.3 Å². The van der Waals surface area contributed by atoms with Gasteiger partial charge in [0.2, 0.25) is 5.91 Å². The molecule has 2 atom stereocenters. The molecule has 0 radical (unpaired) electrons. The fourth-order valence-corrected chi connectivity index (χ4v) is 3.89. The van der Waals surface area contributed by atoms with E-state index in [-0.39, 0.29) is 25.5 Å². The number of rotatable bonds is 6. The predicted octanol–water partition coefficient (Wildman–Crippen LogP) is 4.52. The zero-order valence-electron chi connectivity index (χ0n) is 18.3. The molecule has 1 aliphatic rings. The van der Waals surface area contributed by atoms with E-state index in [0.29, 0.717) is 24.1 Å². The van der Waals surface area contributed by atoms with Crippen LogP contribution in [0.3, 0.4) is 0 Å². The Morgan fingerprint density at radius 1 is 0.971 bits per heavy atom. The molecule has 0 heterocycles. The van der Waals surface area contributed by atoms with E-state index in [2.05, 4.69) is 10.6 Å². The van der Waals surface area contributed by atoms with Crippen molar-refractivity contribution in [3.8, 4) is 0 Å². The summed E-state index contributed by atoms with van der Waals surface area (Å²) in [4.78, 5) is 25.3. The van der Waals surface area contributed by atoms with Gasteiger partial charge >= 0.3 is 18.4 Å². The van der Waals surface area contributed by atoms with Crippen molar-refractivity contribution in [2.75, 3.05) is 0 Å². The van der Waals surface area contributed by atoms with Crippen LogP contribution in [0.4, 0.5) is 31.1 Å². The Bertz CT molecular complexity index is 1030. The highest BCUT2D eigenvalue weighted by Gasteiger charge is 2.46. The Hall–Kier alpha value is -3.28. The van der Waals surface area contributed by atoms with Crippen LogP contribution in [0.5, 0.6) is 0 Å². The van der Waals surface area contributed by atoms with Crippen LogP contribution in [0.15, 0.2) is 48.5 Å². The zero-order valence-corrected chi connectivity index (χ0v) is 18.3. The lowest BCUT2D eigenvalue weighted by molar-refractivity contribution is -0.143. The van der Waals surface area contributed by atoms with Crippen LogP contribution in [-0.2, 0) is 35.0 Å². The molecule has 190 valence electrons. The molecule has 12 heteroatoms. The average Bonchev–Trinajstić information content (AvgIpc) is 3.16. The van der Waals surface area contributed by atoms with Gasteiger partial charge in [-0.1, -0.05) is 30.3 Å². The van der Waals surface area contributed by atoms with Gasteiger partial charge in [-0.25, -0.2) is 4.79 Å². The number of halogens is 6. The molecule has 1 unspecified atom stereocenters. The Balaban J connectivity index is 1.72. The number of alkyl halides is 6. The summed E-state index contributed by atoms with van der Waals surface area (Å²) < 4.78 is 83.7. The maximum Gasteiger partial charge on any atom is 0.416 e. The summed E-state index contributed by atoms with van der Waals surface area (Å²) in [7, 11) is 0. The SMILES string of the molecule is NC1CC[C@](NC(=O)OCc2ccccc2)(C(=O)NCc2cc(C(F)(F)F)cc(C(F)(F)F)c2)C1. The van der Waals surface area contributed by atoms with Crippen molar-refractivity contribution in [3.63, 3.8) is 0 Å². The number of nitrogens with two attached hydrogens (primary N) is 1. The Morgan fingerprint density at radius 2 is 1.57 bits per heavy atom. The monoisotopic (exact) mass is 503 g/mol. The first-order valence-corrected chi connectivity index (χ1v) is 10.6. The maximum absolute atomic E-state index is 13.1.